The van der Waals surface area contributed by atoms with Crippen molar-refractivity contribution in [1.82, 2.24) is 20.2 Å². The minimum absolute atomic E-state index is 0.134. The number of aromatic nitrogens is 4. The van der Waals surface area contributed by atoms with Crippen molar-refractivity contribution >= 4 is 23.4 Å². The average molecular weight is 369 g/mol. The van der Waals surface area contributed by atoms with Crippen LogP contribution >= 0.6 is 11.8 Å². The van der Waals surface area contributed by atoms with Gasteiger partial charge in [-0.05, 0) is 48.5 Å². The van der Waals surface area contributed by atoms with E-state index in [1.165, 1.54) is 11.8 Å². The highest BCUT2D eigenvalue weighted by Crippen LogP contribution is 2.24. The number of tetrazole rings is 1. The fraction of sp³-hybridized carbons (Fsp3) is 0.222. The number of hydrogen-bond donors (Lipinski definition) is 1. The number of hydrogen-bond acceptors (Lipinski definition) is 6. The molecule has 0 saturated heterocycles. The summed E-state index contributed by atoms with van der Waals surface area (Å²) < 4.78 is 7.46. The van der Waals surface area contributed by atoms with Crippen LogP contribution < -0.4 is 10.1 Å². The number of benzene rings is 2. The van der Waals surface area contributed by atoms with Crippen LogP contribution in [-0.2, 0) is 4.79 Å². The van der Waals surface area contributed by atoms with E-state index in [9.17, 15) is 4.79 Å². The van der Waals surface area contributed by atoms with E-state index in [1.807, 2.05) is 62.4 Å². The monoisotopic (exact) mass is 369 g/mol. The van der Waals surface area contributed by atoms with Crippen LogP contribution in [0, 0.1) is 0 Å². The summed E-state index contributed by atoms with van der Waals surface area (Å²) in [6.45, 7) is 3.97. The maximum atomic E-state index is 12.2. The Bertz CT molecular complexity index is 867. The molecule has 8 heteroatoms. The van der Waals surface area contributed by atoms with Gasteiger partial charge in [0.1, 0.15) is 11.5 Å². The molecule has 1 amide bonds. The zero-order valence-corrected chi connectivity index (χ0v) is 15.3. The van der Waals surface area contributed by atoms with Gasteiger partial charge in [-0.3, -0.25) is 4.79 Å². The number of carbonyl (C=O) groups is 1. The van der Waals surface area contributed by atoms with Gasteiger partial charge in [0, 0.05) is 11.8 Å². The van der Waals surface area contributed by atoms with Gasteiger partial charge in [0.05, 0.1) is 11.8 Å². The Morgan fingerprint density at radius 3 is 2.69 bits per heavy atom. The van der Waals surface area contributed by atoms with Crippen LogP contribution in [-0.4, -0.2) is 31.9 Å². The Kier molecular flexibility index (Phi) is 5.85. The zero-order valence-electron chi connectivity index (χ0n) is 14.5. The SMILES string of the molecule is CC(C)n1nnnc1SCC(=O)Nc1cccc(Oc2ccccc2)c1. The van der Waals surface area contributed by atoms with Crippen molar-refractivity contribution in [2.45, 2.75) is 25.0 Å². The lowest BCUT2D eigenvalue weighted by Crippen LogP contribution is -2.15. The van der Waals surface area contributed by atoms with Crippen LogP contribution in [0.5, 0.6) is 11.5 Å². The molecule has 0 radical (unpaired) electrons. The van der Waals surface area contributed by atoms with Crippen LogP contribution in [0.25, 0.3) is 0 Å². The predicted octanol–water partition coefficient (Wildman–Crippen LogP) is 3.78. The van der Waals surface area contributed by atoms with Crippen molar-refractivity contribution in [3.05, 3.63) is 54.6 Å². The molecule has 7 nitrogen and oxygen atoms in total. The maximum absolute atomic E-state index is 12.2. The van der Waals surface area contributed by atoms with Crippen molar-refractivity contribution in [1.29, 1.82) is 0 Å². The highest BCUT2D eigenvalue weighted by atomic mass is 32.2. The maximum Gasteiger partial charge on any atom is 0.234 e. The summed E-state index contributed by atoms with van der Waals surface area (Å²) in [5, 5.41) is 15.0. The number of nitrogens with one attached hydrogen (secondary N) is 1. The molecule has 0 bridgehead atoms. The van der Waals surface area contributed by atoms with Crippen LogP contribution in [0.3, 0.4) is 0 Å². The molecule has 0 spiro atoms. The molecule has 0 aliphatic rings. The summed E-state index contributed by atoms with van der Waals surface area (Å²) in [6.07, 6.45) is 0. The zero-order chi connectivity index (χ0) is 18.4. The first kappa shape index (κ1) is 17.9. The molecule has 1 N–H and O–H groups in total. The number of amides is 1. The molecule has 2 aromatic carbocycles. The van der Waals surface area contributed by atoms with E-state index in [-0.39, 0.29) is 17.7 Å². The normalized spacial score (nSPS) is 10.7. The molecule has 0 atom stereocenters. The van der Waals surface area contributed by atoms with E-state index in [0.29, 0.717) is 16.6 Å². The molecule has 0 saturated carbocycles. The van der Waals surface area contributed by atoms with E-state index >= 15 is 0 Å². The molecular weight excluding hydrogens is 350 g/mol. The molecule has 0 fully saturated rings. The van der Waals surface area contributed by atoms with E-state index in [1.54, 1.807) is 10.7 Å². The summed E-state index contributed by atoms with van der Waals surface area (Å²) in [5.74, 6) is 1.49. The van der Waals surface area contributed by atoms with Gasteiger partial charge in [-0.1, -0.05) is 36.0 Å². The molecule has 0 unspecified atom stereocenters. The molecule has 1 heterocycles. The lowest BCUT2D eigenvalue weighted by Gasteiger charge is -2.09. The summed E-state index contributed by atoms with van der Waals surface area (Å²) >= 11 is 1.30. The van der Waals surface area contributed by atoms with Crippen molar-refractivity contribution in [3.8, 4) is 11.5 Å². The third-order valence-corrected chi connectivity index (χ3v) is 4.31. The fourth-order valence-corrected chi connectivity index (χ4v) is 3.00. The van der Waals surface area contributed by atoms with Gasteiger partial charge in [0.2, 0.25) is 11.1 Å². The molecule has 1 aromatic heterocycles. The Labute approximate surface area is 155 Å². The van der Waals surface area contributed by atoms with Crippen molar-refractivity contribution in [2.24, 2.45) is 0 Å². The highest BCUT2D eigenvalue weighted by Gasteiger charge is 2.12. The lowest BCUT2D eigenvalue weighted by molar-refractivity contribution is -0.113. The van der Waals surface area contributed by atoms with Crippen LogP contribution in [0.1, 0.15) is 19.9 Å². The average Bonchev–Trinajstić information content (AvgIpc) is 3.10. The van der Waals surface area contributed by atoms with Gasteiger partial charge in [-0.15, -0.1) is 5.10 Å². The topological polar surface area (TPSA) is 81.9 Å². The van der Waals surface area contributed by atoms with Gasteiger partial charge in [0.25, 0.3) is 0 Å². The summed E-state index contributed by atoms with van der Waals surface area (Å²) in [5.41, 5.74) is 0.674. The molecular formula is C18H19N5O2S. The van der Waals surface area contributed by atoms with Crippen LogP contribution in [0.2, 0.25) is 0 Å². The second-order valence-corrected chi connectivity index (χ2v) is 6.72. The van der Waals surface area contributed by atoms with Gasteiger partial charge in [-0.2, -0.15) is 0 Å². The van der Waals surface area contributed by atoms with Crippen molar-refractivity contribution in [3.63, 3.8) is 0 Å². The van der Waals surface area contributed by atoms with E-state index in [0.717, 1.165) is 5.75 Å². The number of thioether (sulfide) groups is 1. The Balaban J connectivity index is 1.57. The molecule has 0 aliphatic carbocycles. The first-order valence-corrected chi connectivity index (χ1v) is 9.14. The smallest absolute Gasteiger partial charge is 0.234 e. The largest absolute Gasteiger partial charge is 0.457 e. The first-order valence-electron chi connectivity index (χ1n) is 8.15. The minimum Gasteiger partial charge on any atom is -0.457 e. The lowest BCUT2D eigenvalue weighted by atomic mass is 10.3. The predicted molar refractivity (Wildman–Crippen MR) is 101 cm³/mol. The minimum atomic E-state index is -0.134. The first-order chi connectivity index (χ1) is 12.6. The Morgan fingerprint density at radius 1 is 1.15 bits per heavy atom. The Hall–Kier alpha value is -2.87. The summed E-state index contributed by atoms with van der Waals surface area (Å²) in [7, 11) is 0. The van der Waals surface area contributed by atoms with Gasteiger partial charge in [-0.25, -0.2) is 4.68 Å². The standard InChI is InChI=1S/C18H19N5O2S/c1-13(2)23-18(20-21-22-23)26-12-17(24)19-14-7-6-10-16(11-14)25-15-8-4-3-5-9-15/h3-11,13H,12H2,1-2H3,(H,19,24). The number of rotatable bonds is 7. The van der Waals surface area contributed by atoms with Crippen molar-refractivity contribution < 1.29 is 9.53 Å². The number of carbonyl (C=O) groups excluding carboxylic acids is 1. The Morgan fingerprint density at radius 2 is 1.92 bits per heavy atom. The number of para-hydroxylation sites is 1. The molecule has 3 aromatic rings. The molecule has 134 valence electrons. The van der Waals surface area contributed by atoms with E-state index < -0.39 is 0 Å². The van der Waals surface area contributed by atoms with Crippen LogP contribution in [0.4, 0.5) is 5.69 Å². The second kappa shape index (κ2) is 8.48. The fourth-order valence-electron chi connectivity index (χ4n) is 2.19. The van der Waals surface area contributed by atoms with Crippen LogP contribution in [0.15, 0.2) is 59.8 Å². The van der Waals surface area contributed by atoms with E-state index in [2.05, 4.69) is 20.8 Å². The number of nitrogens with zero attached hydrogens (tertiary/aromatic N) is 4. The van der Waals surface area contributed by atoms with Gasteiger partial charge in [0.15, 0.2) is 0 Å². The summed E-state index contributed by atoms with van der Waals surface area (Å²) in [6, 6.07) is 16.9. The quantitative estimate of drug-likeness (QED) is 0.638. The third kappa shape index (κ3) is 4.82. The number of anilines is 1. The van der Waals surface area contributed by atoms with Gasteiger partial charge >= 0.3 is 0 Å². The van der Waals surface area contributed by atoms with Crippen molar-refractivity contribution in [2.75, 3.05) is 11.1 Å². The number of ether oxygens (including phenoxy) is 1. The molecule has 26 heavy (non-hydrogen) atoms. The molecule has 3 rings (SSSR count). The molecule has 0 aliphatic heterocycles. The van der Waals surface area contributed by atoms with E-state index in [4.69, 9.17) is 4.74 Å². The highest BCUT2D eigenvalue weighted by molar-refractivity contribution is 7.99. The third-order valence-electron chi connectivity index (χ3n) is 3.38. The van der Waals surface area contributed by atoms with Gasteiger partial charge < -0.3 is 10.1 Å². The summed E-state index contributed by atoms with van der Waals surface area (Å²) in [4.78, 5) is 12.2. The second-order valence-electron chi connectivity index (χ2n) is 5.78.